The van der Waals surface area contributed by atoms with Crippen LogP contribution in [0.5, 0.6) is 0 Å². The van der Waals surface area contributed by atoms with Gasteiger partial charge in [0, 0.05) is 23.7 Å². The third kappa shape index (κ3) is 84.6. The summed E-state index contributed by atoms with van der Waals surface area (Å²) in [6, 6.07) is 0. The molecule has 0 spiro atoms. The fourth-order valence-corrected chi connectivity index (χ4v) is 0. The van der Waals surface area contributed by atoms with E-state index in [1.54, 1.807) is 0 Å². The Kier molecular flexibility index (Phi) is 52.1. The zero-order valence-electron chi connectivity index (χ0n) is 3.10. The van der Waals surface area contributed by atoms with Crippen LogP contribution >= 0.6 is 12.4 Å². The average molecular weight is 383 g/mol. The van der Waals surface area contributed by atoms with Crippen molar-refractivity contribution < 1.29 is 71.7 Å². The Labute approximate surface area is 95.5 Å². The fraction of sp³-hybridized carbons (Fsp3) is 0.500. The Morgan fingerprint density at radius 1 is 1.57 bits per heavy atom. The molecule has 5 heteroatoms. The van der Waals surface area contributed by atoms with Gasteiger partial charge in [0.2, 0.25) is 0 Å². The second-order valence-electron chi connectivity index (χ2n) is 0.519. The number of carboxylic acid groups (broad SMARTS) is 1. The number of carbonyl (C=O) groups is 1. The van der Waals surface area contributed by atoms with Gasteiger partial charge in [-0.15, -0.1) is 12.4 Å². The van der Waals surface area contributed by atoms with Gasteiger partial charge in [-0.3, -0.25) is 4.79 Å². The molecule has 0 aliphatic heterocycles. The molecule has 0 aromatic heterocycles. The third-order valence-electron chi connectivity index (χ3n) is 0. The van der Waals surface area contributed by atoms with Gasteiger partial charge in [0.1, 0.15) is 0 Å². The summed E-state index contributed by atoms with van der Waals surface area (Å²) >= 11 is 0. The van der Waals surface area contributed by atoms with Gasteiger partial charge in [0.25, 0.3) is 5.97 Å². The molecule has 0 fully saturated rings. The van der Waals surface area contributed by atoms with Crippen LogP contribution in [0.25, 0.3) is 0 Å². The van der Waals surface area contributed by atoms with Crippen LogP contribution in [-0.2, 0) is 21.6 Å². The molecular weight excluding hydrogens is 376 g/mol. The van der Waals surface area contributed by atoms with Crippen LogP contribution in [-0.4, -0.2) is 11.1 Å². The van der Waals surface area contributed by atoms with Crippen molar-refractivity contribution in [2.24, 2.45) is 0 Å². The van der Waals surface area contributed by atoms with Crippen molar-refractivity contribution in [1.29, 1.82) is 0 Å². The van der Waals surface area contributed by atoms with Crippen LogP contribution in [0.3, 0.4) is 0 Å². The zero-order chi connectivity index (χ0) is 3.58. The Morgan fingerprint density at radius 3 is 1.57 bits per heavy atom. The molecule has 0 heterocycles. The second-order valence-corrected chi connectivity index (χ2v) is 0.519. The summed E-state index contributed by atoms with van der Waals surface area (Å²) in [5.74, 6) is -0.833. The van der Waals surface area contributed by atoms with Crippen LogP contribution in [0.1, 0.15) is 6.92 Å². The zero-order valence-corrected chi connectivity index (χ0v) is 4.95. The van der Waals surface area contributed by atoms with E-state index in [9.17, 15) is 0 Å². The van der Waals surface area contributed by atoms with Crippen molar-refractivity contribution in [1.82, 2.24) is 0 Å². The molecule has 45 valence electrons. The molecule has 1 N–H and O–H groups in total. The number of aliphatic carboxylic acids is 1. The van der Waals surface area contributed by atoms with Crippen molar-refractivity contribution in [3.8, 4) is 0 Å². The van der Waals surface area contributed by atoms with Gasteiger partial charge in [-0.2, -0.15) is 0 Å². The molecule has 0 aliphatic carbocycles. The molecular formula is C2H7ClCoO2Ra. The topological polar surface area (TPSA) is 37.3 Å². The van der Waals surface area contributed by atoms with E-state index < -0.39 is 5.97 Å². The summed E-state index contributed by atoms with van der Waals surface area (Å²) in [4.78, 5) is 9.00. The molecule has 0 aromatic rings. The summed E-state index contributed by atoms with van der Waals surface area (Å²) in [6.45, 7) is 1.08. The van der Waals surface area contributed by atoms with Crippen molar-refractivity contribution in [2.45, 2.75) is 6.92 Å². The molecule has 0 amide bonds. The summed E-state index contributed by atoms with van der Waals surface area (Å²) in [6.07, 6.45) is 0. The van der Waals surface area contributed by atoms with E-state index in [4.69, 9.17) is 9.90 Å². The molecule has 0 bridgehead atoms. The summed E-state index contributed by atoms with van der Waals surface area (Å²) in [5.41, 5.74) is 0. The van der Waals surface area contributed by atoms with E-state index in [1.807, 2.05) is 0 Å². The Bertz CT molecular complexity index is 38.7. The predicted octanol–water partition coefficient (Wildman–Crippen LogP) is -0.0252. The molecule has 0 saturated carbocycles. The quantitative estimate of drug-likeness (QED) is 0.638. The van der Waals surface area contributed by atoms with Gasteiger partial charge in [-0.1, -0.05) is 0 Å². The third-order valence-corrected chi connectivity index (χ3v) is 0. The van der Waals surface area contributed by atoms with Crippen molar-refractivity contribution in [3.63, 3.8) is 0 Å². The molecule has 0 aromatic carbocycles. The SMILES string of the molecule is CC(=O)O.Cl.[Co].[RaH2]. The molecule has 2 nitrogen and oxygen atoms in total. The number of hydrogen-bond donors (Lipinski definition) is 1. The number of hydrogen-bond acceptors (Lipinski definition) is 1. The first-order valence-corrected chi connectivity index (χ1v) is 0.928. The Hall–Kier alpha value is 1.73. The van der Waals surface area contributed by atoms with Crippen LogP contribution in [0.4, 0.5) is 0 Å². The van der Waals surface area contributed by atoms with Gasteiger partial charge in [0.05, 0.1) is 0 Å². The summed E-state index contributed by atoms with van der Waals surface area (Å²) < 4.78 is 0. The van der Waals surface area contributed by atoms with E-state index in [2.05, 4.69) is 0 Å². The van der Waals surface area contributed by atoms with Crippen molar-refractivity contribution in [2.75, 3.05) is 0 Å². The average Bonchev–Trinajstić information content (AvgIpc) is 0.811. The first-order chi connectivity index (χ1) is 1.73. The van der Waals surface area contributed by atoms with E-state index >= 15 is 0 Å². The molecule has 0 aliphatic rings. The van der Waals surface area contributed by atoms with E-state index in [0.29, 0.717) is 0 Å². The van der Waals surface area contributed by atoms with Crippen LogP contribution in [0, 0.1) is 45.0 Å². The first kappa shape index (κ1) is 23.3. The molecule has 0 atom stereocenters. The molecule has 0 saturated heterocycles. The van der Waals surface area contributed by atoms with E-state index in [0.717, 1.165) is 6.92 Å². The van der Waals surface area contributed by atoms with Crippen molar-refractivity contribution in [3.05, 3.63) is 0 Å². The van der Waals surface area contributed by atoms with E-state index in [1.165, 1.54) is 0 Å². The molecule has 1 radical (unpaired) electrons. The number of carboxylic acids is 1. The number of rotatable bonds is 0. The van der Waals surface area contributed by atoms with Crippen LogP contribution in [0.15, 0.2) is 0 Å². The van der Waals surface area contributed by atoms with Gasteiger partial charge in [-0.25, -0.2) is 0 Å². The molecule has 0 unspecified atom stereocenters. The van der Waals surface area contributed by atoms with Gasteiger partial charge in [0.15, 0.2) is 0 Å². The van der Waals surface area contributed by atoms with Crippen LogP contribution < -0.4 is 0 Å². The maximum atomic E-state index is 9.00. The van der Waals surface area contributed by atoms with E-state index in [-0.39, 0.29) is 74.2 Å². The minimum atomic E-state index is -0.833. The minimum absolute atomic E-state index is 0. The fourth-order valence-electron chi connectivity index (χ4n) is 0. The molecule has 0 rings (SSSR count). The van der Waals surface area contributed by atoms with Gasteiger partial charge in [-0.05, 0) is 0 Å². The number of halogens is 1. The Morgan fingerprint density at radius 2 is 1.57 bits per heavy atom. The van der Waals surface area contributed by atoms with Crippen molar-refractivity contribution >= 4 is 18.4 Å². The predicted molar refractivity (Wildman–Crippen MR) is 23.3 cm³/mol. The summed E-state index contributed by atoms with van der Waals surface area (Å²) in [5, 5.41) is 7.42. The second kappa shape index (κ2) is 15.6. The molecule has 7 heavy (non-hydrogen) atoms. The van der Waals surface area contributed by atoms with Gasteiger partial charge >= 0.3 is 45.0 Å². The monoisotopic (exact) mass is 383 g/mol. The Balaban J connectivity index is -0.0000000150. The van der Waals surface area contributed by atoms with Gasteiger partial charge < -0.3 is 5.11 Å². The van der Waals surface area contributed by atoms with Crippen LogP contribution in [0.2, 0.25) is 0 Å². The summed E-state index contributed by atoms with van der Waals surface area (Å²) in [7, 11) is 0. The standard InChI is InChI=1S/C2H4O2.ClH.Co.Ra.2H/c1-2(3)4;;;;;/h1H3,(H,3,4);1H;;;;. The maximum absolute atomic E-state index is 9.00. The normalized spacial score (nSPS) is 3.57. The first-order valence-electron chi connectivity index (χ1n) is 0.928.